The normalized spacial score (nSPS) is 21.4. The number of hydrogen-bond acceptors (Lipinski definition) is 11. The number of fused-ring (bicyclic) bond motifs is 2. The summed E-state index contributed by atoms with van der Waals surface area (Å²) in [7, 11) is -4.09. The first-order chi connectivity index (χ1) is 22.5. The lowest BCUT2D eigenvalue weighted by Crippen LogP contribution is -2.51. The minimum atomic E-state index is -4.09. The summed E-state index contributed by atoms with van der Waals surface area (Å²) >= 11 is 0. The fraction of sp³-hybridized carbons (Fsp3) is 0.562. The summed E-state index contributed by atoms with van der Waals surface area (Å²) < 4.78 is 62.1. The highest BCUT2D eigenvalue weighted by Gasteiger charge is 2.44. The molecule has 0 radical (unpaired) electrons. The largest absolute Gasteiger partial charge is 0.494 e. The van der Waals surface area contributed by atoms with Crippen molar-refractivity contribution in [3.63, 3.8) is 0 Å². The van der Waals surface area contributed by atoms with E-state index in [-0.39, 0.29) is 62.7 Å². The summed E-state index contributed by atoms with van der Waals surface area (Å²) in [5.74, 6) is 0.249. The number of alkyl carbamates (subject to hydrolysis) is 1. The molecule has 3 N–H and O–H groups in total. The zero-order valence-electron chi connectivity index (χ0n) is 26.4. The molecule has 258 valence electrons. The van der Waals surface area contributed by atoms with Crippen LogP contribution in [0.4, 0.5) is 4.79 Å². The van der Waals surface area contributed by atoms with Gasteiger partial charge in [-0.3, -0.25) is 4.79 Å². The number of aliphatic carboxylic acids is 1. The molecular formula is C32H42N2O12S. The van der Waals surface area contributed by atoms with Gasteiger partial charge in [0.2, 0.25) is 16.8 Å². The van der Waals surface area contributed by atoms with Gasteiger partial charge in [0.05, 0.1) is 42.8 Å². The zero-order chi connectivity index (χ0) is 33.6. The van der Waals surface area contributed by atoms with Crippen molar-refractivity contribution < 1.29 is 56.6 Å². The highest BCUT2D eigenvalue weighted by Crippen LogP contribution is 2.35. The van der Waals surface area contributed by atoms with Gasteiger partial charge < -0.3 is 44.0 Å². The highest BCUT2D eigenvalue weighted by atomic mass is 32.2. The predicted octanol–water partition coefficient (Wildman–Crippen LogP) is 2.77. The van der Waals surface area contributed by atoms with Crippen molar-refractivity contribution in [3.8, 4) is 17.2 Å². The summed E-state index contributed by atoms with van der Waals surface area (Å²) in [6, 6.07) is 10.4. The fourth-order valence-corrected chi connectivity index (χ4v) is 7.38. The van der Waals surface area contributed by atoms with Crippen molar-refractivity contribution in [3.05, 3.63) is 48.0 Å². The van der Waals surface area contributed by atoms with Gasteiger partial charge in [0, 0.05) is 25.6 Å². The molecule has 5 rings (SSSR count). The second kappa shape index (κ2) is 15.5. The molecule has 0 bridgehead atoms. The number of amides is 1. The third kappa shape index (κ3) is 9.05. The smallest absolute Gasteiger partial charge is 0.407 e. The predicted molar refractivity (Wildman–Crippen MR) is 166 cm³/mol. The monoisotopic (exact) mass is 678 g/mol. The number of aliphatic hydroxyl groups is 1. The Morgan fingerprint density at radius 1 is 1.06 bits per heavy atom. The molecule has 3 aliphatic heterocycles. The summed E-state index contributed by atoms with van der Waals surface area (Å²) in [4.78, 5) is 23.9. The Morgan fingerprint density at radius 2 is 1.83 bits per heavy atom. The van der Waals surface area contributed by atoms with Crippen molar-refractivity contribution in [2.24, 2.45) is 11.8 Å². The number of carbonyl (C=O) groups is 2. The van der Waals surface area contributed by atoms with Crippen LogP contribution in [-0.4, -0.2) is 99.2 Å². The molecule has 3 aliphatic rings. The molecule has 5 atom stereocenters. The Balaban J connectivity index is 1.31. The SMILES string of the molecule is CC(C)CN(C[C@@H](O)[C@@H](Cc1ccc(OCCCC(=O)O)cc1)NC(=O)O[C@H]1CO[C@H]2OCC[C@H]21)S(=O)(=O)c1ccc2c(c1)OCO2. The molecule has 0 unspecified atom stereocenters. The fourth-order valence-electron chi connectivity index (χ4n) is 5.74. The lowest BCUT2D eigenvalue weighted by atomic mass is 10.0. The minimum absolute atomic E-state index is 0.000950. The van der Waals surface area contributed by atoms with Gasteiger partial charge in [-0.2, -0.15) is 4.31 Å². The first-order valence-electron chi connectivity index (χ1n) is 15.7. The van der Waals surface area contributed by atoms with Crippen LogP contribution in [0.15, 0.2) is 47.4 Å². The van der Waals surface area contributed by atoms with Crippen LogP contribution in [0.3, 0.4) is 0 Å². The molecule has 15 heteroatoms. The van der Waals surface area contributed by atoms with Crippen LogP contribution in [0.2, 0.25) is 0 Å². The first kappa shape index (κ1) is 34.7. The van der Waals surface area contributed by atoms with Gasteiger partial charge in [0.25, 0.3) is 0 Å². The molecule has 0 saturated carbocycles. The van der Waals surface area contributed by atoms with Crippen LogP contribution in [0.25, 0.3) is 0 Å². The molecule has 2 aromatic rings. The van der Waals surface area contributed by atoms with Crippen molar-refractivity contribution in [1.82, 2.24) is 9.62 Å². The third-order valence-corrected chi connectivity index (χ3v) is 9.96. The Kier molecular flexibility index (Phi) is 11.5. The maximum Gasteiger partial charge on any atom is 0.407 e. The molecule has 14 nitrogen and oxygen atoms in total. The average molecular weight is 679 g/mol. The van der Waals surface area contributed by atoms with Crippen molar-refractivity contribution in [2.75, 3.05) is 39.7 Å². The number of benzene rings is 2. The van der Waals surface area contributed by atoms with Crippen molar-refractivity contribution in [2.45, 2.75) is 69.0 Å². The lowest BCUT2D eigenvalue weighted by molar-refractivity contribution is -0.137. The molecule has 0 spiro atoms. The van der Waals surface area contributed by atoms with Crippen molar-refractivity contribution in [1.29, 1.82) is 0 Å². The Morgan fingerprint density at radius 3 is 2.57 bits per heavy atom. The minimum Gasteiger partial charge on any atom is -0.494 e. The zero-order valence-corrected chi connectivity index (χ0v) is 27.2. The third-order valence-electron chi connectivity index (χ3n) is 8.14. The summed E-state index contributed by atoms with van der Waals surface area (Å²) in [5, 5.41) is 23.2. The molecule has 3 heterocycles. The van der Waals surface area contributed by atoms with E-state index in [0.717, 1.165) is 5.56 Å². The van der Waals surface area contributed by atoms with E-state index >= 15 is 0 Å². The van der Waals surface area contributed by atoms with Gasteiger partial charge in [-0.25, -0.2) is 13.2 Å². The molecule has 2 fully saturated rings. The number of ether oxygens (including phenoxy) is 6. The highest BCUT2D eigenvalue weighted by molar-refractivity contribution is 7.89. The van der Waals surface area contributed by atoms with E-state index in [1.54, 1.807) is 24.3 Å². The number of carboxylic acids is 1. The van der Waals surface area contributed by atoms with E-state index in [4.69, 9.17) is 33.5 Å². The lowest BCUT2D eigenvalue weighted by Gasteiger charge is -2.31. The number of nitrogens with one attached hydrogen (secondary N) is 1. The van der Waals surface area contributed by atoms with Crippen LogP contribution < -0.4 is 19.5 Å². The summed E-state index contributed by atoms with van der Waals surface area (Å²) in [5.41, 5.74) is 0.731. The van der Waals surface area contributed by atoms with Gasteiger partial charge in [-0.15, -0.1) is 0 Å². The van der Waals surface area contributed by atoms with E-state index in [0.29, 0.717) is 36.7 Å². The first-order valence-corrected chi connectivity index (χ1v) is 17.2. The van der Waals surface area contributed by atoms with Crippen molar-refractivity contribution >= 4 is 22.1 Å². The van der Waals surface area contributed by atoms with Gasteiger partial charge in [-0.1, -0.05) is 26.0 Å². The van der Waals surface area contributed by atoms with E-state index in [2.05, 4.69) is 5.32 Å². The summed E-state index contributed by atoms with van der Waals surface area (Å²) in [6.07, 6.45) is -1.82. The van der Waals surface area contributed by atoms with Gasteiger partial charge in [-0.05, 0) is 55.0 Å². The Hall–Kier alpha value is -3.63. The summed E-state index contributed by atoms with van der Waals surface area (Å²) in [6.45, 7) is 4.49. The number of aliphatic hydroxyl groups excluding tert-OH is 1. The van der Waals surface area contributed by atoms with Crippen LogP contribution >= 0.6 is 0 Å². The maximum absolute atomic E-state index is 13.9. The number of carbonyl (C=O) groups excluding carboxylic acids is 1. The Bertz CT molecular complexity index is 1490. The van der Waals surface area contributed by atoms with Gasteiger partial charge in [0.15, 0.2) is 17.8 Å². The molecular weight excluding hydrogens is 636 g/mol. The average Bonchev–Trinajstić information content (AvgIpc) is 3.78. The van der Waals surface area contributed by atoms with Gasteiger partial charge >= 0.3 is 12.1 Å². The molecule has 0 aromatic heterocycles. The standard InChI is InChI=1S/C32H42N2O12S/c1-20(2)16-34(47(39,40)23-9-10-27-28(15-23)45-19-44-27)17-26(35)25(33-32(38)46-29-18-43-31-24(29)11-13-42-31)14-21-5-7-22(8-6-21)41-12-3-4-30(36)37/h5-10,15,20,24-26,29,31,35H,3-4,11-14,16-19H2,1-2H3,(H,33,38)(H,36,37)/t24-,25+,26+,29-,31+/m0/s1. The molecule has 47 heavy (non-hydrogen) atoms. The Labute approximate surface area is 273 Å². The second-order valence-corrected chi connectivity index (χ2v) is 14.1. The van der Waals surface area contributed by atoms with E-state index in [1.807, 2.05) is 13.8 Å². The number of sulfonamides is 1. The molecule has 0 aliphatic carbocycles. The molecule has 1 amide bonds. The quantitative estimate of drug-likeness (QED) is 0.222. The molecule has 2 saturated heterocycles. The second-order valence-electron chi connectivity index (χ2n) is 12.2. The van der Waals surface area contributed by atoms with Crippen LogP contribution in [0.1, 0.15) is 38.7 Å². The van der Waals surface area contributed by atoms with E-state index in [9.17, 15) is 23.1 Å². The topological polar surface area (TPSA) is 179 Å². The number of carboxylic acid groups (broad SMARTS) is 1. The number of hydrogen-bond donors (Lipinski definition) is 3. The van der Waals surface area contributed by atoms with Crippen LogP contribution in [0, 0.1) is 11.8 Å². The van der Waals surface area contributed by atoms with Crippen LogP contribution in [0.5, 0.6) is 17.2 Å². The van der Waals surface area contributed by atoms with Gasteiger partial charge in [0.1, 0.15) is 11.9 Å². The number of rotatable bonds is 16. The molecule has 2 aromatic carbocycles. The number of nitrogens with zero attached hydrogens (tertiary/aromatic N) is 1. The maximum atomic E-state index is 13.9. The van der Waals surface area contributed by atoms with E-state index < -0.39 is 46.6 Å². The van der Waals surface area contributed by atoms with E-state index in [1.165, 1.54) is 22.5 Å². The van der Waals surface area contributed by atoms with Crippen LogP contribution in [-0.2, 0) is 35.4 Å².